The fourth-order valence-electron chi connectivity index (χ4n) is 2.56. The number of fused-ring (bicyclic) bond motifs is 3. The van der Waals surface area contributed by atoms with Crippen LogP contribution >= 0.6 is 44.7 Å². The lowest BCUT2D eigenvalue weighted by Crippen LogP contribution is -2.33. The molecule has 0 atom stereocenters. The summed E-state index contributed by atoms with van der Waals surface area (Å²) in [6, 6.07) is 17.4. The highest BCUT2D eigenvalue weighted by Crippen LogP contribution is 2.48. The third kappa shape index (κ3) is 1.63. The zero-order valence-electron chi connectivity index (χ0n) is 9.03. The van der Waals surface area contributed by atoms with E-state index in [0.29, 0.717) is 0 Å². The summed E-state index contributed by atoms with van der Waals surface area (Å²) in [7, 11) is 0. The van der Waals surface area contributed by atoms with Crippen molar-refractivity contribution in [1.29, 1.82) is 0 Å². The molecule has 0 aromatic heterocycles. The van der Waals surface area contributed by atoms with Gasteiger partial charge in [0.1, 0.15) is 0 Å². The zero-order valence-corrected chi connectivity index (χ0v) is 13.3. The Bertz CT molecular complexity index is 517. The Hall–Kier alpha value is 0.0299. The molecule has 80 valence electrons. The van der Waals surface area contributed by atoms with E-state index < -0.39 is 0 Å². The van der Waals surface area contributed by atoms with Crippen LogP contribution in [0.2, 0.25) is 0 Å². The van der Waals surface area contributed by atoms with E-state index in [1.165, 1.54) is 22.3 Å². The van der Waals surface area contributed by atoms with Crippen molar-refractivity contribution in [2.45, 2.75) is 5.21 Å². The molecular weight excluding hydrogens is 432 g/mol. The average molecular weight is 440 g/mol. The second-order valence-corrected chi connectivity index (χ2v) is 5.42. The predicted molar refractivity (Wildman–Crippen MR) is 92.2 cm³/mol. The van der Waals surface area contributed by atoms with Crippen LogP contribution in [0.4, 0.5) is 0 Å². The van der Waals surface area contributed by atoms with Crippen molar-refractivity contribution in [2.24, 2.45) is 0 Å². The van der Waals surface area contributed by atoms with Crippen LogP contribution in [-0.4, -0.2) is 10.3 Å². The summed E-state index contributed by atoms with van der Waals surface area (Å²) in [5.74, 6) is 0. The molecule has 0 N–H and O–H groups in total. The Morgan fingerprint density at radius 2 is 1.12 bits per heavy atom. The van der Waals surface area contributed by atoms with Gasteiger partial charge in [-0.2, -0.15) is 44.7 Å². The summed E-state index contributed by atoms with van der Waals surface area (Å²) in [5.41, 5.74) is 5.52. The standard InChI is InChI=1S/C13H8B2I2/c16-14-13(15-17)11-7-3-1-5-9(11)10-6-2-4-8-12(10)13/h1-8H. The lowest BCUT2D eigenvalue weighted by atomic mass is 9.49. The Morgan fingerprint density at radius 1 is 0.706 bits per heavy atom. The lowest BCUT2D eigenvalue weighted by Gasteiger charge is -2.26. The first-order valence-electron chi connectivity index (χ1n) is 5.42. The van der Waals surface area contributed by atoms with Gasteiger partial charge in [-0.1, -0.05) is 48.5 Å². The SMILES string of the molecule is I[B]C1([B]I)c2ccccc2-c2ccccc21. The van der Waals surface area contributed by atoms with Gasteiger partial charge in [0, 0.05) is 0 Å². The molecule has 4 heteroatoms. The highest BCUT2D eigenvalue weighted by atomic mass is 127. The van der Waals surface area contributed by atoms with Crippen molar-refractivity contribution in [3.05, 3.63) is 59.7 Å². The number of hydrogen-bond donors (Lipinski definition) is 0. The van der Waals surface area contributed by atoms with E-state index in [4.69, 9.17) is 0 Å². The summed E-state index contributed by atoms with van der Waals surface area (Å²) in [4.78, 5) is 0. The van der Waals surface area contributed by atoms with Crippen molar-refractivity contribution < 1.29 is 0 Å². The first-order valence-corrected chi connectivity index (χ1v) is 7.91. The van der Waals surface area contributed by atoms with Gasteiger partial charge in [-0.25, -0.2) is 0 Å². The number of rotatable bonds is 2. The van der Waals surface area contributed by atoms with Crippen molar-refractivity contribution in [2.75, 3.05) is 0 Å². The fraction of sp³-hybridized carbons (Fsp3) is 0.0769. The molecule has 3 rings (SSSR count). The number of hydrogen-bond acceptors (Lipinski definition) is 0. The van der Waals surface area contributed by atoms with Crippen LogP contribution in [0.15, 0.2) is 48.5 Å². The molecule has 0 aliphatic heterocycles. The molecule has 0 bridgehead atoms. The maximum atomic E-state index is 2.37. The maximum absolute atomic E-state index is 2.37. The molecular formula is C13H8B2I2. The fourth-order valence-corrected chi connectivity index (χ4v) is 4.95. The topological polar surface area (TPSA) is 0 Å². The normalized spacial score (nSPS) is 14.9. The van der Waals surface area contributed by atoms with Gasteiger partial charge < -0.3 is 0 Å². The monoisotopic (exact) mass is 440 g/mol. The molecule has 0 fully saturated rings. The van der Waals surface area contributed by atoms with E-state index in [1.807, 2.05) is 0 Å². The molecule has 0 saturated carbocycles. The largest absolute Gasteiger partial charge is 0.208 e. The van der Waals surface area contributed by atoms with Crippen LogP contribution in [0, 0.1) is 0 Å². The summed E-state index contributed by atoms with van der Waals surface area (Å²) >= 11 is 4.75. The molecule has 2 aromatic rings. The summed E-state index contributed by atoms with van der Waals surface area (Å²) in [6.45, 7) is 0. The van der Waals surface area contributed by atoms with E-state index >= 15 is 0 Å². The molecule has 0 heterocycles. The molecule has 0 saturated heterocycles. The molecule has 17 heavy (non-hydrogen) atoms. The van der Waals surface area contributed by atoms with Crippen molar-refractivity contribution in [3.63, 3.8) is 0 Å². The van der Waals surface area contributed by atoms with Crippen molar-refractivity contribution in [3.8, 4) is 11.1 Å². The van der Waals surface area contributed by atoms with Crippen molar-refractivity contribution >= 4 is 55.0 Å². The van der Waals surface area contributed by atoms with Gasteiger partial charge in [0.25, 0.3) is 0 Å². The zero-order chi connectivity index (χ0) is 11.9. The first kappa shape index (κ1) is 12.1. The quantitative estimate of drug-likeness (QED) is 0.491. The summed E-state index contributed by atoms with van der Waals surface area (Å²) < 4.78 is 0. The van der Waals surface area contributed by atoms with Crippen LogP contribution in [0.1, 0.15) is 11.1 Å². The predicted octanol–water partition coefficient (Wildman–Crippen LogP) is 3.98. The smallest absolute Gasteiger partial charge is 0.158 e. The van der Waals surface area contributed by atoms with Gasteiger partial charge in [-0.05, 0) is 27.5 Å². The van der Waals surface area contributed by atoms with Gasteiger partial charge in [0.2, 0.25) is 10.3 Å². The molecule has 2 aromatic carbocycles. The third-order valence-electron chi connectivity index (χ3n) is 3.38. The summed E-state index contributed by atoms with van der Waals surface area (Å²) in [6.07, 6.45) is 0. The van der Waals surface area contributed by atoms with Crippen molar-refractivity contribution in [1.82, 2.24) is 0 Å². The molecule has 1 aliphatic carbocycles. The molecule has 0 unspecified atom stereocenters. The Labute approximate surface area is 130 Å². The third-order valence-corrected chi connectivity index (χ3v) is 5.34. The van der Waals surface area contributed by atoms with Gasteiger partial charge in [0.15, 0.2) is 0 Å². The van der Waals surface area contributed by atoms with Crippen LogP contribution in [-0.2, 0) is 5.21 Å². The Morgan fingerprint density at radius 3 is 1.53 bits per heavy atom. The minimum absolute atomic E-state index is 0.0334. The molecule has 0 amide bonds. The molecule has 0 nitrogen and oxygen atoms in total. The maximum Gasteiger partial charge on any atom is 0.208 e. The van der Waals surface area contributed by atoms with Crippen LogP contribution < -0.4 is 0 Å². The second kappa shape index (κ2) is 4.61. The van der Waals surface area contributed by atoms with E-state index in [-0.39, 0.29) is 5.21 Å². The van der Waals surface area contributed by atoms with Gasteiger partial charge in [-0.15, -0.1) is 0 Å². The molecule has 2 radical (unpaired) electrons. The van der Waals surface area contributed by atoms with E-state index in [9.17, 15) is 0 Å². The second-order valence-electron chi connectivity index (χ2n) is 4.18. The van der Waals surface area contributed by atoms with E-state index in [1.54, 1.807) is 0 Å². The molecule has 1 aliphatic rings. The minimum atomic E-state index is -0.0334. The Kier molecular flexibility index (Phi) is 3.28. The highest BCUT2D eigenvalue weighted by Gasteiger charge is 2.42. The van der Waals surface area contributed by atoms with E-state index in [0.717, 1.165) is 0 Å². The number of halogens is 2. The van der Waals surface area contributed by atoms with Crippen LogP contribution in [0.5, 0.6) is 0 Å². The highest BCUT2D eigenvalue weighted by molar-refractivity contribution is 14.1. The van der Waals surface area contributed by atoms with E-state index in [2.05, 4.69) is 104 Å². The van der Waals surface area contributed by atoms with Crippen LogP contribution in [0.25, 0.3) is 11.1 Å². The van der Waals surface area contributed by atoms with Gasteiger partial charge >= 0.3 is 0 Å². The average Bonchev–Trinajstić information content (AvgIpc) is 2.70. The van der Waals surface area contributed by atoms with Gasteiger partial charge in [0.05, 0.1) is 0 Å². The molecule has 0 spiro atoms. The Balaban J connectivity index is 2.38. The lowest BCUT2D eigenvalue weighted by molar-refractivity contribution is 1.08. The number of benzene rings is 2. The van der Waals surface area contributed by atoms with Crippen LogP contribution in [0.3, 0.4) is 0 Å². The minimum Gasteiger partial charge on any atom is -0.158 e. The van der Waals surface area contributed by atoms with Gasteiger partial charge in [-0.3, -0.25) is 0 Å². The first-order chi connectivity index (χ1) is 8.33. The summed E-state index contributed by atoms with van der Waals surface area (Å²) in [5, 5.41) is 4.50.